The van der Waals surface area contributed by atoms with Crippen molar-refractivity contribution in [2.45, 2.75) is 54.0 Å². The second-order valence-corrected chi connectivity index (χ2v) is 7.32. The van der Waals surface area contributed by atoms with Crippen LogP contribution in [0, 0.1) is 27.7 Å². The molecule has 2 rings (SSSR count). The molecule has 0 aliphatic carbocycles. The zero-order valence-corrected chi connectivity index (χ0v) is 15.4. The van der Waals surface area contributed by atoms with E-state index in [0.29, 0.717) is 6.54 Å². The lowest BCUT2D eigenvalue weighted by atomic mass is 10.1. The van der Waals surface area contributed by atoms with Crippen LogP contribution in [0.15, 0.2) is 24.3 Å². The normalized spacial score (nSPS) is 11.6. The van der Waals surface area contributed by atoms with E-state index in [1.807, 2.05) is 25.1 Å². The molecule has 0 spiro atoms. The summed E-state index contributed by atoms with van der Waals surface area (Å²) in [6.07, 6.45) is 0. The van der Waals surface area contributed by atoms with Crippen LogP contribution in [0.3, 0.4) is 0 Å². The first-order valence-electron chi connectivity index (χ1n) is 8.15. The largest absolute Gasteiger partial charge is 0.377 e. The zero-order chi connectivity index (χ0) is 17.4. The molecule has 0 fully saturated rings. The summed E-state index contributed by atoms with van der Waals surface area (Å²) in [6, 6.07) is 8.13. The molecule has 1 aromatic heterocycles. The van der Waals surface area contributed by atoms with Crippen LogP contribution in [0.4, 0.5) is 5.69 Å². The summed E-state index contributed by atoms with van der Waals surface area (Å²) >= 11 is 0. The van der Waals surface area contributed by atoms with E-state index in [1.54, 1.807) is 0 Å². The Bertz CT molecular complexity index is 733. The first-order valence-corrected chi connectivity index (χ1v) is 8.15. The number of hydrogen-bond acceptors (Lipinski definition) is 2. The van der Waals surface area contributed by atoms with E-state index in [-0.39, 0.29) is 11.3 Å². The van der Waals surface area contributed by atoms with Crippen LogP contribution in [0.5, 0.6) is 0 Å². The van der Waals surface area contributed by atoms with Gasteiger partial charge in [0, 0.05) is 28.2 Å². The van der Waals surface area contributed by atoms with Crippen molar-refractivity contribution >= 4 is 11.5 Å². The van der Waals surface area contributed by atoms with Crippen molar-refractivity contribution in [2.75, 3.05) is 11.9 Å². The number of carbonyl (C=O) groups is 1. The Hall–Kier alpha value is -2.03. The van der Waals surface area contributed by atoms with Crippen LogP contribution >= 0.6 is 0 Å². The molecule has 1 aromatic carbocycles. The van der Waals surface area contributed by atoms with Gasteiger partial charge >= 0.3 is 0 Å². The van der Waals surface area contributed by atoms with Crippen LogP contribution in [0.2, 0.25) is 0 Å². The van der Waals surface area contributed by atoms with E-state index in [1.165, 1.54) is 11.1 Å². The van der Waals surface area contributed by atoms with Crippen molar-refractivity contribution in [3.8, 4) is 0 Å². The summed E-state index contributed by atoms with van der Waals surface area (Å²) in [7, 11) is 0. The number of aryl methyl sites for hydroxylation is 2. The van der Waals surface area contributed by atoms with Gasteiger partial charge in [0.05, 0.1) is 6.54 Å². The van der Waals surface area contributed by atoms with Crippen LogP contribution in [-0.2, 0) is 5.54 Å². The molecule has 0 radical (unpaired) electrons. The van der Waals surface area contributed by atoms with Gasteiger partial charge in [0.1, 0.15) is 0 Å². The molecule has 124 valence electrons. The number of ketones is 1. The van der Waals surface area contributed by atoms with Gasteiger partial charge in [0.15, 0.2) is 5.78 Å². The van der Waals surface area contributed by atoms with Gasteiger partial charge in [-0.3, -0.25) is 4.79 Å². The Morgan fingerprint density at radius 2 is 1.78 bits per heavy atom. The Labute approximate surface area is 139 Å². The maximum absolute atomic E-state index is 12.7. The molecule has 3 nitrogen and oxygen atoms in total. The Kier molecular flexibility index (Phi) is 4.69. The molecule has 3 heteroatoms. The summed E-state index contributed by atoms with van der Waals surface area (Å²) in [5.41, 5.74) is 6.42. The maximum Gasteiger partial charge on any atom is 0.183 e. The number of nitrogens with one attached hydrogen (secondary N) is 1. The molecule has 1 N–H and O–H groups in total. The highest BCUT2D eigenvalue weighted by Gasteiger charge is 2.22. The second kappa shape index (κ2) is 6.23. The molecule has 23 heavy (non-hydrogen) atoms. The molecule has 1 heterocycles. The monoisotopic (exact) mass is 312 g/mol. The molecule has 0 aliphatic heterocycles. The fourth-order valence-electron chi connectivity index (χ4n) is 3.29. The lowest BCUT2D eigenvalue weighted by Crippen LogP contribution is -2.24. The first kappa shape index (κ1) is 17.3. The summed E-state index contributed by atoms with van der Waals surface area (Å²) in [5, 5.41) is 3.29. The average Bonchev–Trinajstić information content (AvgIpc) is 2.75. The molecule has 0 aliphatic rings. The van der Waals surface area contributed by atoms with Crippen molar-refractivity contribution in [2.24, 2.45) is 0 Å². The van der Waals surface area contributed by atoms with Gasteiger partial charge < -0.3 is 9.88 Å². The van der Waals surface area contributed by atoms with Gasteiger partial charge in [0.25, 0.3) is 0 Å². The molecular weight excluding hydrogens is 284 g/mol. The molecular formula is C20H28N2O. The van der Waals surface area contributed by atoms with Crippen molar-refractivity contribution in [3.05, 3.63) is 52.3 Å². The topological polar surface area (TPSA) is 34.0 Å². The summed E-state index contributed by atoms with van der Waals surface area (Å²) in [4.78, 5) is 12.7. The molecule has 0 unspecified atom stereocenters. The number of carbonyl (C=O) groups excluding carboxylic acids is 1. The minimum absolute atomic E-state index is 0.0206. The van der Waals surface area contributed by atoms with Crippen molar-refractivity contribution in [3.63, 3.8) is 0 Å². The van der Waals surface area contributed by atoms with E-state index in [0.717, 1.165) is 22.6 Å². The zero-order valence-electron chi connectivity index (χ0n) is 15.4. The predicted octanol–water partition coefficient (Wildman–Crippen LogP) is 4.77. The van der Waals surface area contributed by atoms with Crippen molar-refractivity contribution < 1.29 is 4.79 Å². The summed E-state index contributed by atoms with van der Waals surface area (Å²) in [6.45, 7) is 15.1. The van der Waals surface area contributed by atoms with Gasteiger partial charge in [0.2, 0.25) is 0 Å². The summed E-state index contributed by atoms with van der Waals surface area (Å²) < 4.78 is 2.23. The van der Waals surface area contributed by atoms with Gasteiger partial charge in [-0.2, -0.15) is 0 Å². The smallest absolute Gasteiger partial charge is 0.183 e. The van der Waals surface area contributed by atoms with Crippen LogP contribution in [-0.4, -0.2) is 16.9 Å². The lowest BCUT2D eigenvalue weighted by molar-refractivity contribution is 0.100. The third-order valence-electron chi connectivity index (χ3n) is 4.45. The first-order chi connectivity index (χ1) is 10.6. The fraction of sp³-hybridized carbons (Fsp3) is 0.450. The maximum atomic E-state index is 12.7. The number of anilines is 1. The van der Waals surface area contributed by atoms with Crippen LogP contribution in [0.1, 0.15) is 53.6 Å². The highest BCUT2D eigenvalue weighted by Crippen LogP contribution is 2.25. The second-order valence-electron chi connectivity index (χ2n) is 7.32. The van der Waals surface area contributed by atoms with Crippen molar-refractivity contribution in [1.82, 2.24) is 4.57 Å². The molecule has 2 aromatic rings. The molecule has 0 amide bonds. The van der Waals surface area contributed by atoms with Crippen molar-refractivity contribution in [1.29, 1.82) is 0 Å². The van der Waals surface area contributed by atoms with Gasteiger partial charge in [-0.25, -0.2) is 0 Å². The highest BCUT2D eigenvalue weighted by molar-refractivity contribution is 6.00. The predicted molar refractivity (Wildman–Crippen MR) is 97.6 cm³/mol. The van der Waals surface area contributed by atoms with Gasteiger partial charge in [-0.05, 0) is 71.7 Å². The molecule has 0 saturated carbocycles. The minimum atomic E-state index is -0.0206. The molecule has 0 saturated heterocycles. The Morgan fingerprint density at radius 3 is 2.35 bits per heavy atom. The van der Waals surface area contributed by atoms with Gasteiger partial charge in [-0.15, -0.1) is 0 Å². The van der Waals surface area contributed by atoms with E-state index < -0.39 is 0 Å². The quantitative estimate of drug-likeness (QED) is 0.825. The number of hydrogen-bond donors (Lipinski definition) is 1. The number of aromatic nitrogens is 1. The third kappa shape index (κ3) is 3.49. The summed E-state index contributed by atoms with van der Waals surface area (Å²) in [5.74, 6) is 0.134. The third-order valence-corrected chi connectivity index (χ3v) is 4.45. The number of nitrogens with zero attached hydrogens (tertiary/aromatic N) is 1. The van der Waals surface area contributed by atoms with E-state index >= 15 is 0 Å². The highest BCUT2D eigenvalue weighted by atomic mass is 16.1. The lowest BCUT2D eigenvalue weighted by Gasteiger charge is -2.25. The average molecular weight is 312 g/mol. The molecule has 0 atom stereocenters. The number of Topliss-reactive ketones (excluding diaryl/α,β-unsaturated/α-hetero) is 1. The standard InChI is InChI=1S/C20H28N2O/c1-13-9-8-10-18(15(13)3)21-12-19(23)17-11-14(2)22(16(17)4)20(5,6)7/h8-11,21H,12H2,1-7H3. The molecule has 0 bridgehead atoms. The van der Waals surface area contributed by atoms with Gasteiger partial charge in [-0.1, -0.05) is 12.1 Å². The minimum Gasteiger partial charge on any atom is -0.377 e. The van der Waals surface area contributed by atoms with Crippen LogP contribution in [0.25, 0.3) is 0 Å². The van der Waals surface area contributed by atoms with E-state index in [4.69, 9.17) is 0 Å². The Balaban J connectivity index is 2.21. The van der Waals surface area contributed by atoms with E-state index in [2.05, 4.69) is 57.5 Å². The van der Waals surface area contributed by atoms with Crippen LogP contribution < -0.4 is 5.32 Å². The SMILES string of the molecule is Cc1cccc(NCC(=O)c2cc(C)n(C(C)(C)C)c2C)c1C. The number of benzene rings is 1. The number of rotatable bonds is 4. The fourth-order valence-corrected chi connectivity index (χ4v) is 3.29. The Morgan fingerprint density at radius 1 is 1.13 bits per heavy atom. The van der Waals surface area contributed by atoms with E-state index in [9.17, 15) is 4.79 Å².